The third-order valence-electron chi connectivity index (χ3n) is 3.51. The molecule has 8 nitrogen and oxygen atoms in total. The molecule has 0 spiro atoms. The maximum Gasteiger partial charge on any atom is 0.264 e. The van der Waals surface area contributed by atoms with Crippen molar-refractivity contribution >= 4 is 90.3 Å². The Balaban J connectivity index is 2.18. The Morgan fingerprint density at radius 3 is 2.60 bits per heavy atom. The summed E-state index contributed by atoms with van der Waals surface area (Å²) in [6.45, 7) is 0. The Morgan fingerprint density at radius 2 is 1.96 bits per heavy atom. The fourth-order valence-electron chi connectivity index (χ4n) is 2.37. The third-order valence-corrected chi connectivity index (χ3v) is 3.51. The van der Waals surface area contributed by atoms with E-state index in [9.17, 15) is 4.79 Å². The number of fused-ring (bicyclic) bond motifs is 1. The molecule has 3 rings (SSSR count). The van der Waals surface area contributed by atoms with Crippen molar-refractivity contribution in [3.8, 4) is 0 Å². The summed E-state index contributed by atoms with van der Waals surface area (Å²) in [6.07, 6.45) is 1.25. The number of aromatic nitrogens is 4. The van der Waals surface area contributed by atoms with Gasteiger partial charge in [0.25, 0.3) is 13.9 Å². The molecule has 0 fully saturated rings. The summed E-state index contributed by atoms with van der Waals surface area (Å²) in [6, 6.07) is 1.45. The van der Waals surface area contributed by atoms with Gasteiger partial charge in [0.05, 0.1) is 11.3 Å². The van der Waals surface area contributed by atoms with Crippen LogP contribution in [0.2, 0.25) is 0 Å². The number of carbonyl (C=O) groups excluding carboxylic acids is 1. The zero-order valence-electron chi connectivity index (χ0n) is 12.8. The van der Waals surface area contributed by atoms with Crippen molar-refractivity contribution in [1.29, 1.82) is 0 Å². The van der Waals surface area contributed by atoms with E-state index in [2.05, 4.69) is 25.6 Å². The highest BCUT2D eigenvalue weighted by molar-refractivity contribution is 6.51. The van der Waals surface area contributed by atoms with Gasteiger partial charge < -0.3 is 20.9 Å². The Morgan fingerprint density at radius 1 is 1.24 bits per heavy atom. The number of rotatable bonds is 4. The molecule has 4 N–H and O–H groups in total. The summed E-state index contributed by atoms with van der Waals surface area (Å²) in [5, 5.41) is 9.43. The molecule has 0 aromatic carbocycles. The average Bonchev–Trinajstić information content (AvgIpc) is 2.87. The highest BCUT2D eigenvalue weighted by atomic mass is 16.1. The van der Waals surface area contributed by atoms with E-state index in [-0.39, 0.29) is 39.5 Å². The van der Waals surface area contributed by atoms with Gasteiger partial charge in [-0.15, -0.1) is 0 Å². The van der Waals surface area contributed by atoms with Crippen molar-refractivity contribution in [2.45, 2.75) is 0 Å². The standard InChI is InChI=1S/C12H6B5N7O/c13-7-8-6(10(15)23-24(8)17)9(14)21-12(7)20-4-1-5(22-16)19-2-3(4)11(18)25/h1-2H,(H2,18,25)(H2,19,20,21,22). The zero-order chi connectivity index (χ0) is 18.3. The van der Waals surface area contributed by atoms with Crippen LogP contribution in [0.1, 0.15) is 10.4 Å². The monoisotopic (exact) mass is 319 g/mol. The molecule has 0 bridgehead atoms. The number of anilines is 3. The first-order valence-electron chi connectivity index (χ1n) is 6.85. The fourth-order valence-corrected chi connectivity index (χ4v) is 2.37. The lowest BCUT2D eigenvalue weighted by Crippen LogP contribution is -2.25. The molecule has 0 unspecified atom stereocenters. The van der Waals surface area contributed by atoms with Crippen molar-refractivity contribution in [3.63, 3.8) is 0 Å². The number of hydrogen-bond donors (Lipinski definition) is 3. The van der Waals surface area contributed by atoms with Gasteiger partial charge in [-0.3, -0.25) is 4.79 Å². The lowest BCUT2D eigenvalue weighted by atomic mass is 9.85. The SMILES string of the molecule is [B]Nc1cc(Nc2nc([B])c3c([B])nn([B])c3c2[B])c(C(N)=O)cn1. The number of hydrogen-bond acceptors (Lipinski definition) is 6. The van der Waals surface area contributed by atoms with Gasteiger partial charge in [0.2, 0.25) is 7.98 Å². The molecular weight excluding hydrogens is 312 g/mol. The van der Waals surface area contributed by atoms with Gasteiger partial charge in [-0.1, -0.05) is 0 Å². The molecule has 0 atom stereocenters. The number of nitrogens with one attached hydrogen (secondary N) is 2. The summed E-state index contributed by atoms with van der Waals surface area (Å²) >= 11 is 0. The van der Waals surface area contributed by atoms with E-state index in [1.807, 2.05) is 0 Å². The molecule has 3 aromatic heterocycles. The molecule has 0 saturated carbocycles. The van der Waals surface area contributed by atoms with Crippen LogP contribution >= 0.6 is 0 Å². The lowest BCUT2D eigenvalue weighted by Gasteiger charge is -2.15. The summed E-state index contributed by atoms with van der Waals surface area (Å²) in [4.78, 5) is 19.7. The minimum absolute atomic E-state index is 0.0627. The van der Waals surface area contributed by atoms with Gasteiger partial charge in [0.15, 0.2) is 0 Å². The van der Waals surface area contributed by atoms with E-state index in [0.29, 0.717) is 10.9 Å². The van der Waals surface area contributed by atoms with Crippen LogP contribution in [0.3, 0.4) is 0 Å². The minimum atomic E-state index is -0.709. The Bertz CT molecular complexity index is 1010. The second-order valence-electron chi connectivity index (χ2n) is 5.06. The first kappa shape index (κ1) is 17.0. The van der Waals surface area contributed by atoms with Crippen molar-refractivity contribution in [2.24, 2.45) is 5.73 Å². The number of primary amides is 1. The molecule has 110 valence electrons. The van der Waals surface area contributed by atoms with Crippen molar-refractivity contribution in [2.75, 3.05) is 10.5 Å². The third kappa shape index (κ3) is 2.86. The highest BCUT2D eigenvalue weighted by Crippen LogP contribution is 2.21. The molecule has 13 heteroatoms. The molecule has 25 heavy (non-hydrogen) atoms. The van der Waals surface area contributed by atoms with E-state index in [1.54, 1.807) is 0 Å². The van der Waals surface area contributed by atoms with Crippen LogP contribution in [0.15, 0.2) is 12.3 Å². The largest absolute Gasteiger partial charge is 0.423 e. The summed E-state index contributed by atoms with van der Waals surface area (Å²) in [7, 11) is 28.9. The quantitative estimate of drug-likeness (QED) is 0.430. The van der Waals surface area contributed by atoms with Crippen molar-refractivity contribution < 1.29 is 4.79 Å². The maximum atomic E-state index is 11.6. The van der Waals surface area contributed by atoms with Gasteiger partial charge in [0, 0.05) is 34.4 Å². The predicted molar refractivity (Wildman–Crippen MR) is 100 cm³/mol. The second-order valence-corrected chi connectivity index (χ2v) is 5.06. The Hall–Kier alpha value is -2.84. The predicted octanol–water partition coefficient (Wildman–Crippen LogP) is -3.52. The molecule has 0 aliphatic rings. The molecule has 10 radical (unpaired) electrons. The first-order chi connectivity index (χ1) is 11.8. The van der Waals surface area contributed by atoms with Crippen LogP contribution in [0.5, 0.6) is 0 Å². The van der Waals surface area contributed by atoms with Crippen LogP contribution in [0, 0.1) is 0 Å². The molecular formula is C12H6B5N7O. The topological polar surface area (TPSA) is 111 Å². The van der Waals surface area contributed by atoms with Gasteiger partial charge in [-0.05, 0) is 5.46 Å². The Kier molecular flexibility index (Phi) is 4.24. The zero-order valence-corrected chi connectivity index (χ0v) is 12.8. The van der Waals surface area contributed by atoms with Gasteiger partial charge in [-0.2, -0.15) is 0 Å². The van der Waals surface area contributed by atoms with E-state index < -0.39 is 5.91 Å². The number of pyridine rings is 2. The first-order valence-corrected chi connectivity index (χ1v) is 6.85. The molecule has 3 heterocycles. The van der Waals surface area contributed by atoms with E-state index in [4.69, 9.17) is 45.2 Å². The van der Waals surface area contributed by atoms with Crippen LogP contribution in [-0.2, 0) is 0 Å². The summed E-state index contributed by atoms with van der Waals surface area (Å²) < 4.78 is 0.998. The number of carbonyl (C=O) groups is 1. The number of nitrogens with two attached hydrogens (primary N) is 1. The summed E-state index contributed by atoms with van der Waals surface area (Å²) in [5.74, 6) is -0.291. The van der Waals surface area contributed by atoms with Crippen LogP contribution in [0.4, 0.5) is 17.3 Å². The molecule has 1 amide bonds. The average molecular weight is 318 g/mol. The maximum absolute atomic E-state index is 11.6. The lowest BCUT2D eigenvalue weighted by molar-refractivity contribution is 0.100. The van der Waals surface area contributed by atoms with Gasteiger partial charge in [0.1, 0.15) is 35.2 Å². The van der Waals surface area contributed by atoms with Crippen LogP contribution in [-0.4, -0.2) is 65.1 Å². The molecule has 0 saturated heterocycles. The number of amides is 1. The van der Waals surface area contributed by atoms with E-state index in [1.165, 1.54) is 12.3 Å². The highest BCUT2D eigenvalue weighted by Gasteiger charge is 2.16. The smallest absolute Gasteiger partial charge is 0.264 e. The molecule has 0 aliphatic carbocycles. The van der Waals surface area contributed by atoms with Gasteiger partial charge >= 0.3 is 0 Å². The van der Waals surface area contributed by atoms with Crippen LogP contribution in [0.25, 0.3) is 10.9 Å². The fraction of sp³-hybridized carbons (Fsp3) is 0. The second kappa shape index (κ2) is 6.23. The van der Waals surface area contributed by atoms with E-state index >= 15 is 0 Å². The Labute approximate surface area is 149 Å². The number of nitrogens with zero attached hydrogens (tertiary/aromatic N) is 4. The van der Waals surface area contributed by atoms with Crippen LogP contribution < -0.4 is 32.9 Å². The van der Waals surface area contributed by atoms with Crippen molar-refractivity contribution in [1.82, 2.24) is 19.7 Å². The minimum Gasteiger partial charge on any atom is -0.423 e. The van der Waals surface area contributed by atoms with E-state index in [0.717, 1.165) is 4.59 Å². The molecule has 0 aliphatic heterocycles. The van der Waals surface area contributed by atoms with Crippen molar-refractivity contribution in [3.05, 3.63) is 17.8 Å². The normalized spacial score (nSPS) is 10.7. The molecule has 3 aromatic rings. The van der Waals surface area contributed by atoms with Gasteiger partial charge in [-0.25, -0.2) is 15.1 Å². The summed E-state index contributed by atoms with van der Waals surface area (Å²) in [5.41, 5.74) is 6.29.